The Morgan fingerprint density at radius 2 is 2.06 bits per heavy atom. The van der Waals surface area contributed by atoms with Crippen LogP contribution in [0.15, 0.2) is 18.2 Å². The van der Waals surface area contributed by atoms with Crippen molar-refractivity contribution in [2.75, 3.05) is 13.2 Å². The normalized spacial score (nSPS) is 19.7. The predicted molar refractivity (Wildman–Crippen MR) is 61.6 cm³/mol. The Balaban J connectivity index is 2.15. The molecule has 2 rings (SSSR count). The molecule has 0 bridgehead atoms. The van der Waals surface area contributed by atoms with Gasteiger partial charge in [-0.25, -0.2) is 4.39 Å². The van der Waals surface area contributed by atoms with Crippen molar-refractivity contribution >= 4 is 0 Å². The molecule has 3 heteroatoms. The van der Waals surface area contributed by atoms with E-state index < -0.39 is 0 Å². The first-order valence-electron chi connectivity index (χ1n) is 5.78. The first kappa shape index (κ1) is 11.6. The van der Waals surface area contributed by atoms with Crippen LogP contribution in [0.1, 0.15) is 30.0 Å². The molecule has 16 heavy (non-hydrogen) atoms. The van der Waals surface area contributed by atoms with Crippen LogP contribution in [0, 0.1) is 18.7 Å². The summed E-state index contributed by atoms with van der Waals surface area (Å²) >= 11 is 0. The van der Waals surface area contributed by atoms with Crippen LogP contribution in [0.3, 0.4) is 0 Å². The van der Waals surface area contributed by atoms with Crippen LogP contribution < -0.4 is 5.73 Å². The predicted octanol–water partition coefficient (Wildman–Crippen LogP) is 2.56. The maximum absolute atomic E-state index is 13.7. The third kappa shape index (κ3) is 2.42. The van der Waals surface area contributed by atoms with Crippen molar-refractivity contribution in [1.82, 2.24) is 0 Å². The first-order chi connectivity index (χ1) is 7.68. The van der Waals surface area contributed by atoms with Gasteiger partial charge < -0.3 is 10.5 Å². The summed E-state index contributed by atoms with van der Waals surface area (Å²) in [6.07, 6.45) is 1.85. The van der Waals surface area contributed by atoms with Gasteiger partial charge in [0.15, 0.2) is 0 Å². The summed E-state index contributed by atoms with van der Waals surface area (Å²) in [6, 6.07) is 5.07. The summed E-state index contributed by atoms with van der Waals surface area (Å²) in [5.74, 6) is 0.157. The first-order valence-corrected chi connectivity index (χ1v) is 5.78. The van der Waals surface area contributed by atoms with Crippen molar-refractivity contribution in [3.8, 4) is 0 Å². The van der Waals surface area contributed by atoms with Gasteiger partial charge in [-0.05, 0) is 37.3 Å². The number of ether oxygens (including phenoxy) is 1. The Labute approximate surface area is 95.6 Å². The molecule has 0 spiro atoms. The third-order valence-corrected chi connectivity index (χ3v) is 3.29. The highest BCUT2D eigenvalue weighted by Crippen LogP contribution is 2.29. The van der Waals surface area contributed by atoms with Crippen molar-refractivity contribution in [1.29, 1.82) is 0 Å². The van der Waals surface area contributed by atoms with Gasteiger partial charge in [-0.1, -0.05) is 12.1 Å². The van der Waals surface area contributed by atoms with Gasteiger partial charge in [0.25, 0.3) is 0 Å². The fraction of sp³-hybridized carbons (Fsp3) is 0.538. The molecule has 1 aliphatic rings. The van der Waals surface area contributed by atoms with E-state index in [-0.39, 0.29) is 11.9 Å². The van der Waals surface area contributed by atoms with Crippen molar-refractivity contribution < 1.29 is 9.13 Å². The molecule has 0 unspecified atom stereocenters. The van der Waals surface area contributed by atoms with Crippen LogP contribution in [-0.2, 0) is 4.74 Å². The van der Waals surface area contributed by atoms with Gasteiger partial charge in [0.05, 0.1) is 0 Å². The van der Waals surface area contributed by atoms with Gasteiger partial charge in [-0.3, -0.25) is 0 Å². The van der Waals surface area contributed by atoms with Crippen molar-refractivity contribution in [2.24, 2.45) is 11.7 Å². The zero-order chi connectivity index (χ0) is 11.5. The molecular weight excluding hydrogens is 205 g/mol. The second-order valence-corrected chi connectivity index (χ2v) is 4.50. The highest BCUT2D eigenvalue weighted by Gasteiger charge is 2.24. The maximum Gasteiger partial charge on any atom is 0.128 e. The molecule has 1 atom stereocenters. The van der Waals surface area contributed by atoms with E-state index in [1.165, 1.54) is 0 Å². The van der Waals surface area contributed by atoms with Crippen molar-refractivity contribution in [2.45, 2.75) is 25.8 Å². The lowest BCUT2D eigenvalue weighted by atomic mass is 9.87. The van der Waals surface area contributed by atoms with E-state index in [2.05, 4.69) is 0 Å². The van der Waals surface area contributed by atoms with Crippen LogP contribution >= 0.6 is 0 Å². The largest absolute Gasteiger partial charge is 0.381 e. The number of aryl methyl sites for hydroxylation is 1. The highest BCUT2D eigenvalue weighted by atomic mass is 19.1. The summed E-state index contributed by atoms with van der Waals surface area (Å²) in [7, 11) is 0. The molecule has 0 aliphatic carbocycles. The molecule has 1 aliphatic heterocycles. The zero-order valence-electron chi connectivity index (χ0n) is 9.58. The Morgan fingerprint density at radius 1 is 1.38 bits per heavy atom. The molecule has 1 fully saturated rings. The van der Waals surface area contributed by atoms with Gasteiger partial charge in [0.2, 0.25) is 0 Å². The van der Waals surface area contributed by atoms with E-state index in [1.54, 1.807) is 6.07 Å². The van der Waals surface area contributed by atoms with E-state index in [4.69, 9.17) is 10.5 Å². The maximum atomic E-state index is 13.7. The number of nitrogens with two attached hydrogens (primary N) is 1. The summed E-state index contributed by atoms with van der Waals surface area (Å²) in [5.41, 5.74) is 7.69. The number of halogens is 1. The Kier molecular flexibility index (Phi) is 3.56. The molecule has 0 saturated carbocycles. The second-order valence-electron chi connectivity index (χ2n) is 4.50. The molecule has 1 heterocycles. The molecule has 2 nitrogen and oxygen atoms in total. The highest BCUT2D eigenvalue weighted by molar-refractivity contribution is 5.26. The molecule has 2 N–H and O–H groups in total. The Morgan fingerprint density at radius 3 is 2.69 bits per heavy atom. The van der Waals surface area contributed by atoms with E-state index in [0.29, 0.717) is 11.5 Å². The minimum Gasteiger partial charge on any atom is -0.381 e. The van der Waals surface area contributed by atoms with Crippen LogP contribution in [0.2, 0.25) is 0 Å². The van der Waals surface area contributed by atoms with E-state index in [1.807, 2.05) is 19.1 Å². The molecule has 0 amide bonds. The molecule has 0 radical (unpaired) electrons. The topological polar surface area (TPSA) is 35.2 Å². The van der Waals surface area contributed by atoms with E-state index in [9.17, 15) is 4.39 Å². The lowest BCUT2D eigenvalue weighted by Crippen LogP contribution is -2.28. The van der Waals surface area contributed by atoms with E-state index in [0.717, 1.165) is 31.6 Å². The lowest BCUT2D eigenvalue weighted by Gasteiger charge is -2.28. The smallest absolute Gasteiger partial charge is 0.128 e. The Bertz CT molecular complexity index is 361. The molecule has 88 valence electrons. The third-order valence-electron chi connectivity index (χ3n) is 3.29. The average molecular weight is 223 g/mol. The van der Waals surface area contributed by atoms with Crippen molar-refractivity contribution in [3.05, 3.63) is 35.1 Å². The van der Waals surface area contributed by atoms with Gasteiger partial charge in [-0.2, -0.15) is 0 Å². The van der Waals surface area contributed by atoms with Gasteiger partial charge in [0, 0.05) is 24.8 Å². The minimum absolute atomic E-state index is 0.181. The Hall–Kier alpha value is -0.930. The second kappa shape index (κ2) is 4.93. The summed E-state index contributed by atoms with van der Waals surface area (Å²) < 4.78 is 19.0. The molecule has 1 aromatic rings. The number of hydrogen-bond acceptors (Lipinski definition) is 2. The van der Waals surface area contributed by atoms with Gasteiger partial charge >= 0.3 is 0 Å². The summed E-state index contributed by atoms with van der Waals surface area (Å²) in [4.78, 5) is 0. The van der Waals surface area contributed by atoms with Crippen LogP contribution in [0.5, 0.6) is 0 Å². The number of rotatable bonds is 2. The monoisotopic (exact) mass is 223 g/mol. The van der Waals surface area contributed by atoms with Gasteiger partial charge in [0.1, 0.15) is 5.82 Å². The summed E-state index contributed by atoms with van der Waals surface area (Å²) in [5, 5.41) is 0. The molecule has 1 aromatic carbocycles. The zero-order valence-corrected chi connectivity index (χ0v) is 9.58. The van der Waals surface area contributed by atoms with Crippen LogP contribution in [0.25, 0.3) is 0 Å². The standard InChI is InChI=1S/C13H18FNO/c1-9-2-3-11(12(14)8-9)13(15)10-4-6-16-7-5-10/h2-3,8,10,13H,4-7,15H2,1H3/t13-/m1/s1. The fourth-order valence-corrected chi connectivity index (χ4v) is 2.23. The fourth-order valence-electron chi connectivity index (χ4n) is 2.23. The number of hydrogen-bond donors (Lipinski definition) is 1. The SMILES string of the molecule is Cc1ccc([C@H](N)C2CCOCC2)c(F)c1. The average Bonchev–Trinajstić information content (AvgIpc) is 2.29. The lowest BCUT2D eigenvalue weighted by molar-refractivity contribution is 0.0580. The molecule has 0 aromatic heterocycles. The summed E-state index contributed by atoms with van der Waals surface area (Å²) in [6.45, 7) is 3.37. The van der Waals surface area contributed by atoms with Crippen LogP contribution in [0.4, 0.5) is 4.39 Å². The van der Waals surface area contributed by atoms with Crippen LogP contribution in [-0.4, -0.2) is 13.2 Å². The number of benzene rings is 1. The van der Waals surface area contributed by atoms with Gasteiger partial charge in [-0.15, -0.1) is 0 Å². The molecule has 1 saturated heterocycles. The van der Waals surface area contributed by atoms with Crippen molar-refractivity contribution in [3.63, 3.8) is 0 Å². The molecular formula is C13H18FNO. The van der Waals surface area contributed by atoms with E-state index >= 15 is 0 Å². The minimum atomic E-state index is -0.204. The quantitative estimate of drug-likeness (QED) is 0.836.